The highest BCUT2D eigenvalue weighted by atomic mass is 35.5. The second-order valence-electron chi connectivity index (χ2n) is 7.32. The average molecular weight is 381 g/mol. The van der Waals surface area contributed by atoms with Gasteiger partial charge >= 0.3 is 0 Å². The number of rotatable bonds is 6. The largest absolute Gasteiger partial charge is 0.444 e. The van der Waals surface area contributed by atoms with Crippen molar-refractivity contribution in [3.8, 4) is 0 Å². The molecule has 1 unspecified atom stereocenters. The molecule has 0 spiro atoms. The van der Waals surface area contributed by atoms with Gasteiger partial charge < -0.3 is 19.6 Å². The van der Waals surface area contributed by atoms with E-state index in [1.54, 1.807) is 12.4 Å². The zero-order valence-corrected chi connectivity index (χ0v) is 15.4. The van der Waals surface area contributed by atoms with Crippen LogP contribution in [-0.4, -0.2) is 45.2 Å². The first kappa shape index (κ1) is 18.0. The number of aliphatic hydroxyl groups excluding tert-OH is 1. The van der Waals surface area contributed by atoms with E-state index < -0.39 is 0 Å². The molecule has 1 saturated heterocycles. The van der Waals surface area contributed by atoms with E-state index in [0.717, 1.165) is 57.1 Å². The number of hydrogen-bond donors (Lipinski definition) is 2. The Hall–Kier alpha value is -1.41. The molecule has 0 bridgehead atoms. The van der Waals surface area contributed by atoms with Gasteiger partial charge in [0.1, 0.15) is 5.76 Å². The lowest BCUT2D eigenvalue weighted by molar-refractivity contribution is 0.0790. The van der Waals surface area contributed by atoms with Crippen molar-refractivity contribution in [1.29, 1.82) is 0 Å². The topological polar surface area (TPSA) is 85.3 Å². The lowest BCUT2D eigenvalue weighted by Crippen LogP contribution is -2.35. The van der Waals surface area contributed by atoms with Crippen LogP contribution in [0.2, 0.25) is 5.02 Å². The number of nitrogens with zero attached hydrogens (tertiary/aromatic N) is 3. The van der Waals surface area contributed by atoms with Crippen molar-refractivity contribution in [3.63, 3.8) is 0 Å². The molecule has 3 atom stereocenters. The molecule has 26 heavy (non-hydrogen) atoms. The van der Waals surface area contributed by atoms with E-state index in [4.69, 9.17) is 20.8 Å². The molecular weight excluding hydrogens is 356 g/mol. The second kappa shape index (κ2) is 8.08. The number of ether oxygens (including phenoxy) is 1. The van der Waals surface area contributed by atoms with Gasteiger partial charge in [0.2, 0.25) is 0 Å². The van der Waals surface area contributed by atoms with Crippen LogP contribution in [-0.2, 0) is 17.8 Å². The smallest absolute Gasteiger partial charge is 0.197 e. The Kier molecular flexibility index (Phi) is 5.59. The van der Waals surface area contributed by atoms with Gasteiger partial charge in [-0.05, 0) is 31.6 Å². The molecular formula is C18H25ClN4O3. The minimum absolute atomic E-state index is 0.0580. The van der Waals surface area contributed by atoms with Crippen LogP contribution in [0.15, 0.2) is 23.0 Å². The summed E-state index contributed by atoms with van der Waals surface area (Å²) in [7, 11) is 0. The van der Waals surface area contributed by atoms with Gasteiger partial charge in [-0.1, -0.05) is 11.6 Å². The average Bonchev–Trinajstić information content (AvgIpc) is 3.35. The van der Waals surface area contributed by atoms with Crippen LogP contribution in [0, 0.1) is 5.92 Å². The van der Waals surface area contributed by atoms with Crippen molar-refractivity contribution in [2.24, 2.45) is 5.92 Å². The Morgan fingerprint density at radius 3 is 2.88 bits per heavy atom. The standard InChI is InChI=1S/C18H25ClN4O3/c19-14-7-22-23(11-14)10-12-5-16(17(24)6-12)20-8-15-9-21-18(26-15)13-1-3-25-4-2-13/h7,9,11-13,16-17,20,24H,1-6,8,10H2/t12?,16-,17-/m1/s1. The summed E-state index contributed by atoms with van der Waals surface area (Å²) >= 11 is 5.91. The van der Waals surface area contributed by atoms with Gasteiger partial charge in [-0.15, -0.1) is 0 Å². The molecule has 8 heteroatoms. The Morgan fingerprint density at radius 2 is 2.12 bits per heavy atom. The summed E-state index contributed by atoms with van der Waals surface area (Å²) in [6, 6.07) is 0.0580. The Balaban J connectivity index is 1.27. The van der Waals surface area contributed by atoms with Crippen molar-refractivity contribution in [2.75, 3.05) is 13.2 Å². The molecule has 2 aromatic heterocycles. The van der Waals surface area contributed by atoms with Crippen molar-refractivity contribution < 1.29 is 14.3 Å². The number of nitrogens with one attached hydrogen (secondary N) is 1. The normalized spacial score (nSPS) is 27.2. The maximum absolute atomic E-state index is 10.4. The zero-order valence-electron chi connectivity index (χ0n) is 14.7. The summed E-state index contributed by atoms with van der Waals surface area (Å²) in [5.74, 6) is 2.37. The minimum Gasteiger partial charge on any atom is -0.444 e. The van der Waals surface area contributed by atoms with E-state index in [0.29, 0.717) is 23.4 Å². The highest BCUT2D eigenvalue weighted by molar-refractivity contribution is 6.30. The quantitative estimate of drug-likeness (QED) is 0.800. The first-order valence-electron chi connectivity index (χ1n) is 9.29. The van der Waals surface area contributed by atoms with Crippen molar-refractivity contribution in [1.82, 2.24) is 20.1 Å². The zero-order chi connectivity index (χ0) is 17.9. The van der Waals surface area contributed by atoms with Gasteiger partial charge in [0, 0.05) is 37.9 Å². The lowest BCUT2D eigenvalue weighted by atomic mass is 10.0. The molecule has 4 rings (SSSR count). The van der Waals surface area contributed by atoms with Crippen molar-refractivity contribution in [3.05, 3.63) is 35.3 Å². The molecule has 1 aliphatic heterocycles. The van der Waals surface area contributed by atoms with Gasteiger partial charge in [0.05, 0.1) is 30.1 Å². The maximum atomic E-state index is 10.4. The lowest BCUT2D eigenvalue weighted by Gasteiger charge is -2.19. The van der Waals surface area contributed by atoms with Gasteiger partial charge in [0.25, 0.3) is 0 Å². The van der Waals surface area contributed by atoms with E-state index in [2.05, 4.69) is 15.4 Å². The van der Waals surface area contributed by atoms with E-state index >= 15 is 0 Å². The first-order valence-corrected chi connectivity index (χ1v) is 9.67. The van der Waals surface area contributed by atoms with Gasteiger partial charge in [-0.25, -0.2) is 4.98 Å². The summed E-state index contributed by atoms with van der Waals surface area (Å²) in [4.78, 5) is 4.43. The molecule has 2 fully saturated rings. The SMILES string of the molecule is O[C@@H]1CC(Cn2cc(Cl)cn2)C[C@H]1NCc1cnc(C2CCOCC2)o1. The van der Waals surface area contributed by atoms with Crippen molar-refractivity contribution in [2.45, 2.75) is 56.8 Å². The van der Waals surface area contributed by atoms with Gasteiger partial charge in [-0.2, -0.15) is 5.10 Å². The highest BCUT2D eigenvalue weighted by Crippen LogP contribution is 2.29. The molecule has 1 aliphatic carbocycles. The molecule has 1 saturated carbocycles. The predicted molar refractivity (Wildman–Crippen MR) is 95.9 cm³/mol. The van der Waals surface area contributed by atoms with Crippen LogP contribution in [0.4, 0.5) is 0 Å². The van der Waals surface area contributed by atoms with Crippen LogP contribution in [0.3, 0.4) is 0 Å². The summed E-state index contributed by atoms with van der Waals surface area (Å²) in [6.07, 6.45) is 8.50. The van der Waals surface area contributed by atoms with Crippen LogP contribution >= 0.6 is 11.6 Å². The van der Waals surface area contributed by atoms with E-state index in [-0.39, 0.29) is 12.1 Å². The number of oxazole rings is 1. The summed E-state index contributed by atoms with van der Waals surface area (Å²) < 4.78 is 13.1. The fourth-order valence-electron chi connectivity index (χ4n) is 3.96. The third kappa shape index (κ3) is 4.28. The summed E-state index contributed by atoms with van der Waals surface area (Å²) in [5.41, 5.74) is 0. The molecule has 7 nitrogen and oxygen atoms in total. The number of aliphatic hydroxyl groups is 1. The molecule has 3 heterocycles. The Morgan fingerprint density at radius 1 is 1.27 bits per heavy atom. The van der Waals surface area contributed by atoms with E-state index in [1.165, 1.54) is 0 Å². The van der Waals surface area contributed by atoms with E-state index in [9.17, 15) is 5.11 Å². The third-order valence-electron chi connectivity index (χ3n) is 5.35. The Labute approximate surface area is 157 Å². The van der Waals surface area contributed by atoms with Crippen LogP contribution in [0.25, 0.3) is 0 Å². The molecule has 0 aromatic carbocycles. The highest BCUT2D eigenvalue weighted by Gasteiger charge is 2.33. The molecule has 2 aliphatic rings. The molecule has 0 amide bonds. The van der Waals surface area contributed by atoms with Crippen LogP contribution in [0.1, 0.15) is 43.3 Å². The molecule has 2 N–H and O–H groups in total. The van der Waals surface area contributed by atoms with Gasteiger partial charge in [0.15, 0.2) is 5.89 Å². The van der Waals surface area contributed by atoms with E-state index in [1.807, 2.05) is 10.9 Å². The number of aromatic nitrogens is 3. The van der Waals surface area contributed by atoms with Crippen molar-refractivity contribution >= 4 is 11.6 Å². The summed E-state index contributed by atoms with van der Waals surface area (Å²) in [5, 5.41) is 18.6. The number of halogens is 1. The first-order chi connectivity index (χ1) is 12.7. The minimum atomic E-state index is -0.357. The summed E-state index contributed by atoms with van der Waals surface area (Å²) in [6.45, 7) is 2.91. The van der Waals surface area contributed by atoms with Gasteiger partial charge in [-0.3, -0.25) is 4.68 Å². The maximum Gasteiger partial charge on any atom is 0.197 e. The monoisotopic (exact) mass is 380 g/mol. The molecule has 0 radical (unpaired) electrons. The molecule has 2 aromatic rings. The fourth-order valence-corrected chi connectivity index (χ4v) is 4.12. The van der Waals surface area contributed by atoms with Crippen LogP contribution < -0.4 is 5.32 Å². The molecule has 142 valence electrons. The second-order valence-corrected chi connectivity index (χ2v) is 7.76. The number of hydrogen-bond acceptors (Lipinski definition) is 6. The Bertz CT molecular complexity index is 713. The third-order valence-corrected chi connectivity index (χ3v) is 5.55. The fraction of sp³-hybridized carbons (Fsp3) is 0.667. The van der Waals surface area contributed by atoms with Crippen LogP contribution in [0.5, 0.6) is 0 Å². The predicted octanol–water partition coefficient (Wildman–Crippen LogP) is 2.35.